The summed E-state index contributed by atoms with van der Waals surface area (Å²) in [5, 5.41) is 4.27. The summed E-state index contributed by atoms with van der Waals surface area (Å²) in [6, 6.07) is 1.14. The number of aromatic amines is 1. The van der Waals surface area contributed by atoms with Crippen molar-refractivity contribution >= 4 is 38.5 Å². The summed E-state index contributed by atoms with van der Waals surface area (Å²) in [6.45, 7) is 0. The van der Waals surface area contributed by atoms with Gasteiger partial charge in [0.15, 0.2) is 17.5 Å². The molecule has 0 aliphatic heterocycles. The molecule has 3 heterocycles. The molecule has 0 saturated heterocycles. The fourth-order valence-electron chi connectivity index (χ4n) is 3.66. The van der Waals surface area contributed by atoms with Crippen LogP contribution in [0, 0.1) is 5.82 Å². The van der Waals surface area contributed by atoms with Crippen LogP contribution in [0.4, 0.5) is 10.2 Å². The number of pyridine rings is 1. The second-order valence-corrected chi connectivity index (χ2v) is 9.39. The van der Waals surface area contributed by atoms with E-state index in [4.69, 9.17) is 11.6 Å². The second kappa shape index (κ2) is 7.85. The summed E-state index contributed by atoms with van der Waals surface area (Å²) in [4.78, 5) is 15.7. The molecule has 0 spiro atoms. The fraction of sp³-hybridized carbons (Fsp3) is 0.389. The van der Waals surface area contributed by atoms with E-state index in [0.717, 1.165) is 30.7 Å². The van der Waals surface area contributed by atoms with Gasteiger partial charge in [-0.15, -0.1) is 0 Å². The zero-order valence-corrected chi connectivity index (χ0v) is 17.2. The average Bonchev–Trinajstić information content (AvgIpc) is 3.07. The van der Waals surface area contributed by atoms with Crippen molar-refractivity contribution in [3.8, 4) is 11.4 Å². The van der Waals surface area contributed by atoms with Gasteiger partial charge < -0.3 is 10.3 Å². The summed E-state index contributed by atoms with van der Waals surface area (Å²) in [5.41, 5.74) is 1.27. The molecular weight excluding hydrogens is 419 g/mol. The first-order valence-electron chi connectivity index (χ1n) is 9.19. The molecule has 0 radical (unpaired) electrons. The normalized spacial score (nSPS) is 20.1. The lowest BCUT2D eigenvalue weighted by Crippen LogP contribution is -2.48. The van der Waals surface area contributed by atoms with Crippen LogP contribution in [0.15, 0.2) is 24.7 Å². The van der Waals surface area contributed by atoms with E-state index in [2.05, 4.69) is 30.0 Å². The van der Waals surface area contributed by atoms with E-state index < -0.39 is 15.8 Å². The third kappa shape index (κ3) is 4.49. The van der Waals surface area contributed by atoms with Crippen molar-refractivity contribution in [1.82, 2.24) is 24.7 Å². The number of aromatic nitrogens is 4. The van der Waals surface area contributed by atoms with Gasteiger partial charge in [0.1, 0.15) is 5.65 Å². The van der Waals surface area contributed by atoms with Gasteiger partial charge in [0, 0.05) is 35.4 Å². The number of nitrogens with one attached hydrogen (secondary N) is 3. The molecule has 1 saturated carbocycles. The molecule has 8 nitrogen and oxygen atoms in total. The molecule has 1 aliphatic rings. The zero-order valence-electron chi connectivity index (χ0n) is 15.6. The van der Waals surface area contributed by atoms with Crippen LogP contribution < -0.4 is 10.0 Å². The number of rotatable bonds is 5. The molecule has 0 unspecified atom stereocenters. The highest BCUT2D eigenvalue weighted by molar-refractivity contribution is 7.88. The van der Waals surface area contributed by atoms with Gasteiger partial charge in [-0.3, -0.25) is 0 Å². The maximum Gasteiger partial charge on any atom is 0.209 e. The van der Waals surface area contributed by atoms with Gasteiger partial charge in [-0.1, -0.05) is 24.4 Å². The molecule has 1 aliphatic carbocycles. The minimum atomic E-state index is -3.37. The Hall–Kier alpha value is -2.30. The number of H-pyrrole nitrogens is 1. The van der Waals surface area contributed by atoms with Crippen molar-refractivity contribution in [1.29, 1.82) is 0 Å². The van der Waals surface area contributed by atoms with Crippen LogP contribution in [0.2, 0.25) is 5.02 Å². The Labute approximate surface area is 172 Å². The molecule has 11 heteroatoms. The molecule has 154 valence electrons. The van der Waals surface area contributed by atoms with E-state index in [-0.39, 0.29) is 17.9 Å². The zero-order chi connectivity index (χ0) is 20.6. The maximum atomic E-state index is 14.4. The smallest absolute Gasteiger partial charge is 0.209 e. The molecule has 3 aromatic heterocycles. The number of hydrogen-bond donors (Lipinski definition) is 3. The summed E-state index contributed by atoms with van der Waals surface area (Å²) in [5.74, 6) is -0.257. The van der Waals surface area contributed by atoms with Crippen molar-refractivity contribution in [3.63, 3.8) is 0 Å². The Morgan fingerprint density at radius 1 is 1.21 bits per heavy atom. The highest BCUT2D eigenvalue weighted by Gasteiger charge is 2.28. The third-order valence-electron chi connectivity index (χ3n) is 4.94. The highest BCUT2D eigenvalue weighted by atomic mass is 35.5. The topological polar surface area (TPSA) is 113 Å². The average molecular weight is 439 g/mol. The van der Waals surface area contributed by atoms with Gasteiger partial charge >= 0.3 is 0 Å². The number of hydrogen-bond acceptors (Lipinski definition) is 6. The summed E-state index contributed by atoms with van der Waals surface area (Å²) in [6.07, 6.45) is 8.66. The van der Waals surface area contributed by atoms with Crippen LogP contribution in [0.3, 0.4) is 0 Å². The van der Waals surface area contributed by atoms with Crippen molar-refractivity contribution in [2.24, 2.45) is 0 Å². The summed E-state index contributed by atoms with van der Waals surface area (Å²) >= 11 is 6.04. The molecule has 1 fully saturated rings. The van der Waals surface area contributed by atoms with Gasteiger partial charge in [-0.05, 0) is 18.9 Å². The largest absolute Gasteiger partial charge is 0.363 e. The van der Waals surface area contributed by atoms with E-state index in [1.807, 2.05) is 0 Å². The van der Waals surface area contributed by atoms with Crippen LogP contribution in [0.25, 0.3) is 22.4 Å². The summed E-state index contributed by atoms with van der Waals surface area (Å²) < 4.78 is 40.4. The first-order valence-corrected chi connectivity index (χ1v) is 11.5. The van der Waals surface area contributed by atoms with Gasteiger partial charge in [0.2, 0.25) is 10.0 Å². The van der Waals surface area contributed by atoms with Crippen molar-refractivity contribution in [3.05, 3.63) is 35.5 Å². The SMILES string of the molecule is CS(=O)(=O)N[C@@H]1CCCC[C@H]1Nc1nc(-c2c[nH]c3ncc(Cl)cc23)ncc1F. The predicted molar refractivity (Wildman–Crippen MR) is 110 cm³/mol. The standard InChI is InChI=1S/C18H20ClFN6O2S/c1-29(27,28)26-15-5-3-2-4-14(15)24-18-13(20)9-23-17(25-18)12-8-22-16-11(12)6-10(19)7-21-16/h6-9,14-15,26H,2-5H2,1H3,(H,21,22)(H,23,24,25)/t14-,15-/m1/s1. The monoisotopic (exact) mass is 438 g/mol. The first-order chi connectivity index (χ1) is 13.8. The molecule has 3 N–H and O–H groups in total. The van der Waals surface area contributed by atoms with E-state index >= 15 is 0 Å². The molecule has 0 aromatic carbocycles. The molecule has 3 aromatic rings. The predicted octanol–water partition coefficient (Wildman–Crippen LogP) is 3.08. The Balaban J connectivity index is 1.65. The van der Waals surface area contributed by atoms with Crippen molar-refractivity contribution in [2.75, 3.05) is 11.6 Å². The second-order valence-electron chi connectivity index (χ2n) is 7.17. The Morgan fingerprint density at radius 2 is 1.97 bits per heavy atom. The van der Waals surface area contributed by atoms with Gasteiger partial charge in [-0.2, -0.15) is 0 Å². The molecule has 2 atom stereocenters. The molecule has 4 rings (SSSR count). The number of sulfonamides is 1. The van der Waals surface area contributed by atoms with Gasteiger partial charge in [0.05, 0.1) is 17.5 Å². The van der Waals surface area contributed by atoms with Crippen LogP contribution in [0.5, 0.6) is 0 Å². The van der Waals surface area contributed by atoms with E-state index in [1.54, 1.807) is 12.3 Å². The highest BCUT2D eigenvalue weighted by Crippen LogP contribution is 2.29. The third-order valence-corrected chi connectivity index (χ3v) is 5.87. The van der Waals surface area contributed by atoms with Crippen LogP contribution in [-0.2, 0) is 10.0 Å². The molecule has 0 amide bonds. The Morgan fingerprint density at radius 3 is 2.72 bits per heavy atom. The number of halogens is 2. The molecule has 0 bridgehead atoms. The van der Waals surface area contributed by atoms with Gasteiger partial charge in [-0.25, -0.2) is 32.5 Å². The lowest BCUT2D eigenvalue weighted by atomic mass is 9.91. The number of fused-ring (bicyclic) bond motifs is 1. The minimum absolute atomic E-state index is 0.0338. The lowest BCUT2D eigenvalue weighted by molar-refractivity contribution is 0.377. The van der Waals surface area contributed by atoms with Gasteiger partial charge in [0.25, 0.3) is 0 Å². The minimum Gasteiger partial charge on any atom is -0.363 e. The van der Waals surface area contributed by atoms with E-state index in [0.29, 0.717) is 34.9 Å². The maximum absolute atomic E-state index is 14.4. The molecular formula is C18H20ClFN6O2S. The first kappa shape index (κ1) is 20.0. The fourth-order valence-corrected chi connectivity index (χ4v) is 4.65. The number of nitrogens with zero attached hydrogens (tertiary/aromatic N) is 3. The molecule has 29 heavy (non-hydrogen) atoms. The van der Waals surface area contributed by atoms with Crippen molar-refractivity contribution in [2.45, 2.75) is 37.8 Å². The number of anilines is 1. The van der Waals surface area contributed by atoms with E-state index in [9.17, 15) is 12.8 Å². The van der Waals surface area contributed by atoms with E-state index in [1.165, 1.54) is 6.20 Å². The van der Waals surface area contributed by atoms with Crippen LogP contribution >= 0.6 is 11.6 Å². The quantitative estimate of drug-likeness (QED) is 0.564. The van der Waals surface area contributed by atoms with Crippen LogP contribution in [0.1, 0.15) is 25.7 Å². The Kier molecular flexibility index (Phi) is 5.41. The van der Waals surface area contributed by atoms with Crippen molar-refractivity contribution < 1.29 is 12.8 Å². The van der Waals surface area contributed by atoms with Crippen LogP contribution in [-0.4, -0.2) is 46.7 Å². The summed E-state index contributed by atoms with van der Waals surface area (Å²) in [7, 11) is -3.37. The Bertz CT molecular complexity index is 1150. The lowest BCUT2D eigenvalue weighted by Gasteiger charge is -2.32.